The molecule has 0 saturated heterocycles. The zero-order valence-electron chi connectivity index (χ0n) is 15.8. The second-order valence-corrected chi connectivity index (χ2v) is 7.15. The van der Waals surface area contributed by atoms with Gasteiger partial charge in [0.15, 0.2) is 10.6 Å². The Morgan fingerprint density at radius 3 is 2.68 bits per heavy atom. The van der Waals surface area contributed by atoms with Gasteiger partial charge in [-0.1, -0.05) is 19.9 Å². The quantitative estimate of drug-likeness (QED) is 0.419. The Morgan fingerprint density at radius 1 is 1.11 bits per heavy atom. The smallest absolute Gasteiger partial charge is 0.200 e. The van der Waals surface area contributed by atoms with Crippen LogP contribution in [0.4, 0.5) is 0 Å². The van der Waals surface area contributed by atoms with Crippen molar-refractivity contribution in [3.8, 4) is 28.6 Å². The number of phenols is 2. The van der Waals surface area contributed by atoms with Gasteiger partial charge in [-0.25, -0.2) is 0 Å². The zero-order valence-corrected chi connectivity index (χ0v) is 16.6. The summed E-state index contributed by atoms with van der Waals surface area (Å²) in [6.07, 6.45) is 3.76. The Labute approximate surface area is 167 Å². The number of nitrogens with zero attached hydrogens (tertiary/aromatic N) is 3. The first-order valence-electron chi connectivity index (χ1n) is 9.36. The third-order valence-electron chi connectivity index (χ3n) is 4.99. The first-order chi connectivity index (χ1) is 13.5. The summed E-state index contributed by atoms with van der Waals surface area (Å²) in [5.41, 5.74) is 3.27. The summed E-state index contributed by atoms with van der Waals surface area (Å²) in [7, 11) is 0. The Balaban J connectivity index is 1.97. The van der Waals surface area contributed by atoms with Gasteiger partial charge < -0.3 is 14.8 Å². The molecule has 0 fully saturated rings. The van der Waals surface area contributed by atoms with Gasteiger partial charge in [0.25, 0.3) is 0 Å². The Bertz CT molecular complexity index is 1220. The maximum atomic E-state index is 10.5. The monoisotopic (exact) mass is 394 g/mol. The maximum absolute atomic E-state index is 10.5. The molecule has 2 heterocycles. The van der Waals surface area contributed by atoms with E-state index in [4.69, 9.17) is 12.2 Å². The Hall–Kier alpha value is -3.06. The number of phenolic OH excluding ortho intramolecular Hbond substituents is 2. The Morgan fingerprint density at radius 2 is 1.93 bits per heavy atom. The fourth-order valence-corrected chi connectivity index (χ4v) is 3.85. The van der Waals surface area contributed by atoms with E-state index in [1.54, 1.807) is 6.07 Å². The highest BCUT2D eigenvalue weighted by Gasteiger charge is 2.18. The van der Waals surface area contributed by atoms with Gasteiger partial charge in [0.2, 0.25) is 0 Å². The summed E-state index contributed by atoms with van der Waals surface area (Å²) < 4.78 is 4.49. The van der Waals surface area contributed by atoms with Crippen LogP contribution in [0.25, 0.3) is 28.0 Å². The molecular formula is C21H22N4O2S. The topological polar surface area (TPSA) is 79.0 Å². The molecule has 0 atom stereocenters. The molecule has 0 radical (unpaired) electrons. The van der Waals surface area contributed by atoms with Crippen LogP contribution in [0.5, 0.6) is 11.5 Å². The minimum Gasteiger partial charge on any atom is -0.508 e. The van der Waals surface area contributed by atoms with E-state index in [1.807, 2.05) is 23.6 Å². The van der Waals surface area contributed by atoms with E-state index in [-0.39, 0.29) is 11.5 Å². The molecule has 7 heteroatoms. The van der Waals surface area contributed by atoms with Gasteiger partial charge >= 0.3 is 0 Å². The fourth-order valence-electron chi connectivity index (χ4n) is 3.62. The molecule has 0 aliphatic heterocycles. The lowest BCUT2D eigenvalue weighted by atomic mass is 10.1. The molecule has 28 heavy (non-hydrogen) atoms. The van der Waals surface area contributed by atoms with Crippen LogP contribution >= 0.6 is 12.2 Å². The number of hydrogen-bond donors (Lipinski definition) is 3. The lowest BCUT2D eigenvalue weighted by molar-refractivity contribution is 0.447. The van der Waals surface area contributed by atoms with E-state index < -0.39 is 0 Å². The van der Waals surface area contributed by atoms with Gasteiger partial charge in [-0.15, -0.1) is 0 Å². The van der Waals surface area contributed by atoms with Crippen molar-refractivity contribution >= 4 is 23.1 Å². The van der Waals surface area contributed by atoms with Crippen LogP contribution in [-0.2, 0) is 13.0 Å². The molecule has 0 bridgehead atoms. The second kappa shape index (κ2) is 7.16. The number of aromatic amines is 1. The van der Waals surface area contributed by atoms with Crippen molar-refractivity contribution in [2.24, 2.45) is 0 Å². The summed E-state index contributed by atoms with van der Waals surface area (Å²) in [5, 5.41) is 28.8. The van der Waals surface area contributed by atoms with Crippen LogP contribution in [0.15, 0.2) is 42.6 Å². The molecule has 6 nitrogen and oxygen atoms in total. The van der Waals surface area contributed by atoms with E-state index >= 15 is 0 Å². The predicted octanol–water partition coefficient (Wildman–Crippen LogP) is 4.94. The normalized spacial score (nSPS) is 11.4. The van der Waals surface area contributed by atoms with Crippen LogP contribution in [0.1, 0.15) is 25.8 Å². The highest BCUT2D eigenvalue weighted by Crippen LogP contribution is 2.36. The van der Waals surface area contributed by atoms with Gasteiger partial charge in [-0.3, -0.25) is 9.67 Å². The first kappa shape index (κ1) is 18.3. The van der Waals surface area contributed by atoms with Crippen molar-refractivity contribution in [2.75, 3.05) is 0 Å². The molecule has 4 aromatic rings. The number of aromatic nitrogens is 4. The van der Waals surface area contributed by atoms with Crippen LogP contribution in [0, 0.1) is 4.77 Å². The fraction of sp³-hybridized carbons (Fsp3) is 0.238. The summed E-state index contributed by atoms with van der Waals surface area (Å²) in [6, 6.07) is 11.3. The molecular weight excluding hydrogens is 372 g/mol. The van der Waals surface area contributed by atoms with Gasteiger partial charge in [-0.2, -0.15) is 5.10 Å². The third-order valence-corrected chi connectivity index (χ3v) is 5.26. The van der Waals surface area contributed by atoms with Crippen LogP contribution < -0.4 is 0 Å². The SMILES string of the molecule is CCCn1ccc2c(-n3c(-c4cc(CC)c(O)cc4O)n[nH]c3=S)cccc21. The van der Waals surface area contributed by atoms with Crippen molar-refractivity contribution in [1.29, 1.82) is 0 Å². The third kappa shape index (κ3) is 2.88. The van der Waals surface area contributed by atoms with Crippen molar-refractivity contribution in [3.63, 3.8) is 0 Å². The molecule has 2 aromatic heterocycles. The number of fused-ring (bicyclic) bond motifs is 1. The molecule has 0 aliphatic rings. The lowest BCUT2D eigenvalue weighted by Gasteiger charge is -2.12. The maximum Gasteiger partial charge on any atom is 0.200 e. The number of hydrogen-bond acceptors (Lipinski definition) is 4. The summed E-state index contributed by atoms with van der Waals surface area (Å²) in [5.74, 6) is 0.539. The number of rotatable bonds is 5. The Kier molecular flexibility index (Phi) is 4.68. The number of aryl methyl sites for hydroxylation is 2. The van der Waals surface area contributed by atoms with Gasteiger partial charge in [-0.05, 0) is 54.9 Å². The molecule has 0 unspecified atom stereocenters. The van der Waals surface area contributed by atoms with Gasteiger partial charge in [0, 0.05) is 24.2 Å². The highest BCUT2D eigenvalue weighted by atomic mass is 32.1. The molecule has 0 amide bonds. The number of benzene rings is 2. The van der Waals surface area contributed by atoms with Crippen molar-refractivity contribution in [2.45, 2.75) is 33.2 Å². The molecule has 0 spiro atoms. The average Bonchev–Trinajstić information content (AvgIpc) is 3.26. The van der Waals surface area contributed by atoms with Crippen LogP contribution in [0.2, 0.25) is 0 Å². The summed E-state index contributed by atoms with van der Waals surface area (Å²) in [6.45, 7) is 5.04. The van der Waals surface area contributed by atoms with E-state index in [1.165, 1.54) is 6.07 Å². The largest absolute Gasteiger partial charge is 0.508 e. The molecule has 0 aliphatic carbocycles. The van der Waals surface area contributed by atoms with Gasteiger partial charge in [0.05, 0.1) is 16.8 Å². The zero-order chi connectivity index (χ0) is 19.8. The van der Waals surface area contributed by atoms with Gasteiger partial charge in [0.1, 0.15) is 11.5 Å². The van der Waals surface area contributed by atoms with Crippen LogP contribution in [-0.4, -0.2) is 29.5 Å². The minimum atomic E-state index is -0.0410. The molecule has 2 aromatic carbocycles. The first-order valence-corrected chi connectivity index (χ1v) is 9.76. The number of nitrogens with one attached hydrogen (secondary N) is 1. The average molecular weight is 394 g/mol. The van der Waals surface area contributed by atoms with Crippen molar-refractivity contribution in [1.82, 2.24) is 19.3 Å². The summed E-state index contributed by atoms with van der Waals surface area (Å²) >= 11 is 5.51. The molecule has 144 valence electrons. The van der Waals surface area contributed by atoms with Crippen molar-refractivity contribution in [3.05, 3.63) is 52.9 Å². The minimum absolute atomic E-state index is 0.0410. The molecule has 4 rings (SSSR count). The predicted molar refractivity (Wildman–Crippen MR) is 113 cm³/mol. The second-order valence-electron chi connectivity index (χ2n) is 6.76. The van der Waals surface area contributed by atoms with E-state index in [9.17, 15) is 10.2 Å². The molecule has 3 N–H and O–H groups in total. The highest BCUT2D eigenvalue weighted by molar-refractivity contribution is 7.71. The lowest BCUT2D eigenvalue weighted by Crippen LogP contribution is -2.00. The number of aromatic hydroxyl groups is 2. The molecule has 0 saturated carbocycles. The van der Waals surface area contributed by atoms with E-state index in [2.05, 4.69) is 40.0 Å². The van der Waals surface area contributed by atoms with E-state index in [0.717, 1.165) is 35.1 Å². The van der Waals surface area contributed by atoms with Crippen molar-refractivity contribution < 1.29 is 10.2 Å². The standard InChI is InChI=1S/C21H22N4O2S/c1-3-9-24-10-8-14-16(24)6-5-7-17(14)25-20(22-23-21(25)28)15-11-13(4-2)18(26)12-19(15)27/h5-8,10-12,26-27H,3-4,9H2,1-2H3,(H,23,28). The number of H-pyrrole nitrogens is 1. The van der Waals surface area contributed by atoms with Crippen LogP contribution in [0.3, 0.4) is 0 Å². The van der Waals surface area contributed by atoms with E-state index in [0.29, 0.717) is 22.6 Å². The summed E-state index contributed by atoms with van der Waals surface area (Å²) in [4.78, 5) is 0.